The number of likely N-dealkylation sites (tertiary alicyclic amines) is 1. The Hall–Kier alpha value is -2.41. The lowest BCUT2D eigenvalue weighted by molar-refractivity contribution is 0.0536. The van der Waals surface area contributed by atoms with Gasteiger partial charge in [0.05, 0.1) is 39.6 Å². The van der Waals surface area contributed by atoms with Gasteiger partial charge in [0.1, 0.15) is 0 Å². The molecule has 1 heterocycles. The molecule has 0 aromatic heterocycles. The number of hydrogen-bond donors (Lipinski definition) is 1. The molecule has 2 aromatic rings. The van der Waals surface area contributed by atoms with Crippen molar-refractivity contribution >= 4 is 5.96 Å². The fourth-order valence-corrected chi connectivity index (χ4v) is 3.84. The predicted molar refractivity (Wildman–Crippen MR) is 129 cm³/mol. The van der Waals surface area contributed by atoms with Crippen molar-refractivity contribution in [2.24, 2.45) is 10.9 Å². The molecule has 1 fully saturated rings. The Balaban J connectivity index is 1.54. The molecule has 1 atom stereocenters. The number of guanidine groups is 1. The predicted octanol–water partition coefficient (Wildman–Crippen LogP) is 3.85. The van der Waals surface area contributed by atoms with E-state index in [1.54, 1.807) is 7.11 Å². The highest BCUT2D eigenvalue weighted by Gasteiger charge is 2.25. The number of nitrogens with zero attached hydrogens (tertiary/aromatic N) is 2. The maximum atomic E-state index is 5.97. The van der Waals surface area contributed by atoms with E-state index < -0.39 is 0 Å². The van der Waals surface area contributed by atoms with Crippen LogP contribution in [0.2, 0.25) is 0 Å². The smallest absolute Gasteiger partial charge is 0.194 e. The molecule has 0 bridgehead atoms. The molecule has 1 aliphatic rings. The molecule has 0 saturated carbocycles. The van der Waals surface area contributed by atoms with E-state index in [0.717, 1.165) is 38.6 Å². The van der Waals surface area contributed by atoms with Gasteiger partial charge in [-0.05, 0) is 30.0 Å². The van der Waals surface area contributed by atoms with Crippen molar-refractivity contribution in [3.05, 3.63) is 71.3 Å². The van der Waals surface area contributed by atoms with Gasteiger partial charge in [-0.3, -0.25) is 0 Å². The number of hydrogen-bond acceptors (Lipinski definition) is 4. The van der Waals surface area contributed by atoms with Crippen LogP contribution in [0.3, 0.4) is 0 Å². The quantitative estimate of drug-likeness (QED) is 0.309. The molecule has 1 unspecified atom stereocenters. The molecule has 6 nitrogen and oxygen atoms in total. The van der Waals surface area contributed by atoms with Gasteiger partial charge in [-0.2, -0.15) is 0 Å². The molecular weight excluding hydrogens is 402 g/mol. The van der Waals surface area contributed by atoms with Gasteiger partial charge in [0.25, 0.3) is 0 Å². The first-order valence-corrected chi connectivity index (χ1v) is 11.6. The van der Waals surface area contributed by atoms with Gasteiger partial charge >= 0.3 is 0 Å². The molecule has 0 aliphatic carbocycles. The Morgan fingerprint density at radius 2 is 1.78 bits per heavy atom. The fourth-order valence-electron chi connectivity index (χ4n) is 3.84. The maximum Gasteiger partial charge on any atom is 0.194 e. The van der Waals surface area contributed by atoms with Gasteiger partial charge in [-0.15, -0.1) is 0 Å². The summed E-state index contributed by atoms with van der Waals surface area (Å²) in [7, 11) is 1.70. The number of nitrogens with one attached hydrogen (secondary N) is 1. The molecule has 0 radical (unpaired) electrons. The van der Waals surface area contributed by atoms with Crippen LogP contribution in [0.15, 0.2) is 59.6 Å². The zero-order valence-electron chi connectivity index (χ0n) is 19.5. The van der Waals surface area contributed by atoms with Gasteiger partial charge in [0.15, 0.2) is 5.96 Å². The molecule has 0 amide bonds. The van der Waals surface area contributed by atoms with Crippen molar-refractivity contribution in [2.45, 2.75) is 33.1 Å². The van der Waals surface area contributed by atoms with Gasteiger partial charge in [0.2, 0.25) is 0 Å². The van der Waals surface area contributed by atoms with E-state index in [2.05, 4.69) is 53.5 Å². The van der Waals surface area contributed by atoms with E-state index in [0.29, 0.717) is 38.9 Å². The summed E-state index contributed by atoms with van der Waals surface area (Å²) in [6.45, 7) is 8.87. The van der Waals surface area contributed by atoms with E-state index in [1.165, 1.54) is 16.7 Å². The molecule has 3 rings (SSSR count). The normalized spacial score (nSPS) is 16.5. The molecule has 174 valence electrons. The zero-order chi connectivity index (χ0) is 22.4. The Morgan fingerprint density at radius 3 is 2.56 bits per heavy atom. The molecule has 2 aromatic carbocycles. The van der Waals surface area contributed by atoms with E-state index >= 15 is 0 Å². The number of benzene rings is 2. The summed E-state index contributed by atoms with van der Waals surface area (Å²) in [5.41, 5.74) is 3.58. The average Bonchev–Trinajstić information content (AvgIpc) is 3.30. The highest BCUT2D eigenvalue weighted by Crippen LogP contribution is 2.18. The third-order valence-electron chi connectivity index (χ3n) is 5.59. The topological polar surface area (TPSA) is 55.3 Å². The van der Waals surface area contributed by atoms with Crippen LogP contribution in [0.1, 0.15) is 30.0 Å². The highest BCUT2D eigenvalue weighted by molar-refractivity contribution is 5.80. The van der Waals surface area contributed by atoms with Gasteiger partial charge in [-0.1, -0.05) is 54.6 Å². The van der Waals surface area contributed by atoms with Crippen LogP contribution in [0.4, 0.5) is 0 Å². The van der Waals surface area contributed by atoms with Crippen LogP contribution < -0.4 is 5.32 Å². The van der Waals surface area contributed by atoms with Crippen LogP contribution in [-0.4, -0.2) is 57.4 Å². The Bertz CT molecular complexity index is 813. The molecular formula is C26H37N3O3. The van der Waals surface area contributed by atoms with Gasteiger partial charge in [-0.25, -0.2) is 4.99 Å². The maximum absolute atomic E-state index is 5.97. The summed E-state index contributed by atoms with van der Waals surface area (Å²) >= 11 is 0. The van der Waals surface area contributed by atoms with Crippen molar-refractivity contribution in [2.75, 3.05) is 46.6 Å². The summed E-state index contributed by atoms with van der Waals surface area (Å²) in [5, 5.41) is 3.46. The zero-order valence-corrected chi connectivity index (χ0v) is 19.5. The first-order chi connectivity index (χ1) is 15.8. The summed E-state index contributed by atoms with van der Waals surface area (Å²) in [6, 6.07) is 18.7. The van der Waals surface area contributed by atoms with Crippen molar-refractivity contribution in [1.29, 1.82) is 0 Å². The third kappa shape index (κ3) is 7.93. The van der Waals surface area contributed by atoms with Crippen LogP contribution in [0.25, 0.3) is 0 Å². The van der Waals surface area contributed by atoms with Gasteiger partial charge in [0, 0.05) is 32.7 Å². The van der Waals surface area contributed by atoms with E-state index in [9.17, 15) is 0 Å². The Labute approximate surface area is 192 Å². The highest BCUT2D eigenvalue weighted by atomic mass is 16.5. The molecule has 6 heteroatoms. The molecule has 0 spiro atoms. The molecule has 1 aliphatic heterocycles. The third-order valence-corrected chi connectivity index (χ3v) is 5.59. The first-order valence-electron chi connectivity index (χ1n) is 11.6. The second-order valence-corrected chi connectivity index (χ2v) is 8.09. The lowest BCUT2D eigenvalue weighted by Crippen LogP contribution is -2.40. The Kier molecular flexibility index (Phi) is 10.5. The van der Waals surface area contributed by atoms with Crippen molar-refractivity contribution < 1.29 is 14.2 Å². The van der Waals surface area contributed by atoms with Crippen molar-refractivity contribution in [1.82, 2.24) is 10.2 Å². The molecule has 1 saturated heterocycles. The minimum Gasteiger partial charge on any atom is -0.382 e. The summed E-state index contributed by atoms with van der Waals surface area (Å²) in [4.78, 5) is 7.30. The lowest BCUT2D eigenvalue weighted by Gasteiger charge is -2.22. The van der Waals surface area contributed by atoms with Gasteiger partial charge < -0.3 is 24.4 Å². The van der Waals surface area contributed by atoms with Crippen LogP contribution in [0, 0.1) is 5.92 Å². The van der Waals surface area contributed by atoms with Crippen molar-refractivity contribution in [3.8, 4) is 0 Å². The molecule has 1 N–H and O–H groups in total. The minimum atomic E-state index is 0.536. The second kappa shape index (κ2) is 13.9. The number of rotatable bonds is 12. The van der Waals surface area contributed by atoms with E-state index in [4.69, 9.17) is 19.2 Å². The van der Waals surface area contributed by atoms with E-state index in [1.807, 2.05) is 18.2 Å². The number of methoxy groups -OCH3 is 1. The summed E-state index contributed by atoms with van der Waals surface area (Å²) in [6.07, 6.45) is 1.13. The van der Waals surface area contributed by atoms with Crippen LogP contribution >= 0.6 is 0 Å². The summed E-state index contributed by atoms with van der Waals surface area (Å²) in [5.74, 6) is 1.52. The monoisotopic (exact) mass is 439 g/mol. The second-order valence-electron chi connectivity index (χ2n) is 8.09. The number of aliphatic imine (C=N–C) groups is 1. The average molecular weight is 440 g/mol. The molecule has 32 heavy (non-hydrogen) atoms. The van der Waals surface area contributed by atoms with Crippen molar-refractivity contribution in [3.63, 3.8) is 0 Å². The largest absolute Gasteiger partial charge is 0.382 e. The lowest BCUT2D eigenvalue weighted by atomic mass is 10.1. The van der Waals surface area contributed by atoms with Crippen LogP contribution in [-0.2, 0) is 34.0 Å². The van der Waals surface area contributed by atoms with E-state index in [-0.39, 0.29) is 0 Å². The Morgan fingerprint density at radius 1 is 1.00 bits per heavy atom. The number of ether oxygens (including phenoxy) is 3. The SMILES string of the molecule is CCNC(=NCc1ccccc1COCc1ccccc1)N1CCC(COCCOC)C1. The minimum absolute atomic E-state index is 0.536. The first kappa shape index (κ1) is 24.2. The van der Waals surface area contributed by atoms with Crippen LogP contribution in [0.5, 0.6) is 0 Å². The summed E-state index contributed by atoms with van der Waals surface area (Å²) < 4.78 is 16.8. The fraction of sp³-hybridized carbons (Fsp3) is 0.500. The standard InChI is InChI=1S/C26H37N3O3/c1-3-27-26(29-14-13-23(18-29)20-31-16-15-30-2)28-17-24-11-7-8-12-25(24)21-32-19-22-9-5-4-6-10-22/h4-12,23H,3,13-21H2,1-2H3,(H,27,28).